The second kappa shape index (κ2) is 9.83. The van der Waals surface area contributed by atoms with Gasteiger partial charge in [-0.2, -0.15) is 0 Å². The van der Waals surface area contributed by atoms with E-state index in [4.69, 9.17) is 9.15 Å². The molecule has 1 aliphatic carbocycles. The molecule has 2 amide bonds. The van der Waals surface area contributed by atoms with Gasteiger partial charge in [0.2, 0.25) is 5.91 Å². The quantitative estimate of drug-likeness (QED) is 0.549. The van der Waals surface area contributed by atoms with Crippen LogP contribution in [0.5, 0.6) is 5.75 Å². The van der Waals surface area contributed by atoms with E-state index in [1.165, 1.54) is 6.26 Å². The van der Waals surface area contributed by atoms with Crippen molar-refractivity contribution in [1.29, 1.82) is 0 Å². The molecule has 1 N–H and O–H groups in total. The van der Waals surface area contributed by atoms with Crippen LogP contribution in [0, 0.1) is 0 Å². The van der Waals surface area contributed by atoms with Crippen LogP contribution in [-0.4, -0.2) is 29.9 Å². The monoisotopic (exact) mass is 438 g/mol. The van der Waals surface area contributed by atoms with E-state index >= 15 is 0 Å². The largest absolute Gasteiger partial charge is 0.497 e. The van der Waals surface area contributed by atoms with Crippen molar-refractivity contribution in [3.05, 3.63) is 76.4 Å². The Hall–Kier alpha value is -3.06. The molecule has 7 heteroatoms. The Morgan fingerprint density at radius 3 is 2.55 bits per heavy atom. The molecule has 0 bridgehead atoms. The first-order chi connectivity index (χ1) is 15.2. The van der Waals surface area contributed by atoms with Crippen LogP contribution in [0.2, 0.25) is 0 Å². The number of ether oxygens (including phenoxy) is 1. The second-order valence-electron chi connectivity index (χ2n) is 7.66. The molecule has 31 heavy (non-hydrogen) atoms. The van der Waals surface area contributed by atoms with Crippen molar-refractivity contribution in [3.8, 4) is 5.75 Å². The number of rotatable bonds is 8. The molecule has 4 rings (SSSR count). The Morgan fingerprint density at radius 1 is 1.16 bits per heavy atom. The molecule has 1 aliphatic rings. The smallest absolute Gasteiger partial charge is 0.290 e. The highest BCUT2D eigenvalue weighted by Gasteiger charge is 2.34. The van der Waals surface area contributed by atoms with Gasteiger partial charge < -0.3 is 19.4 Å². The third-order valence-corrected chi connectivity index (χ3v) is 6.45. The van der Waals surface area contributed by atoms with Crippen LogP contribution in [-0.2, 0) is 11.3 Å². The number of hydrogen-bond acceptors (Lipinski definition) is 5. The van der Waals surface area contributed by atoms with Gasteiger partial charge in [-0.3, -0.25) is 9.59 Å². The summed E-state index contributed by atoms with van der Waals surface area (Å²) in [5.41, 5.74) is 0.729. The summed E-state index contributed by atoms with van der Waals surface area (Å²) in [5.74, 6) is 0.416. The number of amides is 2. The second-order valence-corrected chi connectivity index (χ2v) is 8.69. The number of thiophene rings is 1. The molecule has 1 fully saturated rings. The lowest BCUT2D eigenvalue weighted by atomic mass is 10.0. The van der Waals surface area contributed by atoms with Gasteiger partial charge in [-0.15, -0.1) is 11.3 Å². The number of nitrogens with one attached hydrogen (secondary N) is 1. The van der Waals surface area contributed by atoms with Crippen LogP contribution in [0.4, 0.5) is 0 Å². The lowest BCUT2D eigenvalue weighted by molar-refractivity contribution is -0.126. The van der Waals surface area contributed by atoms with Gasteiger partial charge in [0.15, 0.2) is 5.76 Å². The highest BCUT2D eigenvalue weighted by Crippen LogP contribution is 2.29. The highest BCUT2D eigenvalue weighted by molar-refractivity contribution is 7.09. The van der Waals surface area contributed by atoms with Gasteiger partial charge in [0.25, 0.3) is 5.91 Å². The summed E-state index contributed by atoms with van der Waals surface area (Å²) in [6.45, 7) is 0.311. The molecular formula is C24H26N2O4S. The van der Waals surface area contributed by atoms with Crippen LogP contribution >= 0.6 is 11.3 Å². The predicted octanol–water partition coefficient (Wildman–Crippen LogP) is 4.79. The predicted molar refractivity (Wildman–Crippen MR) is 119 cm³/mol. The zero-order chi connectivity index (χ0) is 21.6. The molecule has 0 unspecified atom stereocenters. The summed E-state index contributed by atoms with van der Waals surface area (Å²) in [5, 5.41) is 5.14. The lowest BCUT2D eigenvalue weighted by Gasteiger charge is -2.31. The summed E-state index contributed by atoms with van der Waals surface area (Å²) >= 11 is 1.55. The molecule has 0 spiro atoms. The third kappa shape index (κ3) is 4.99. The number of carbonyl (C=O) groups is 2. The Morgan fingerprint density at radius 2 is 1.94 bits per heavy atom. The summed E-state index contributed by atoms with van der Waals surface area (Å²) in [6, 6.07) is 13.9. The minimum absolute atomic E-state index is 0.149. The van der Waals surface area contributed by atoms with E-state index in [2.05, 4.69) is 5.32 Å². The third-order valence-electron chi connectivity index (χ3n) is 5.59. The zero-order valence-corrected chi connectivity index (χ0v) is 18.3. The lowest BCUT2D eigenvalue weighted by Crippen LogP contribution is -2.45. The standard InChI is InChI=1S/C24H26N2O4S/c1-29-19-12-10-17(11-13-19)22(23(27)25-18-6-2-3-7-18)26(16-20-8-5-15-31-20)24(28)21-9-4-14-30-21/h4-5,8-15,18,22H,2-3,6-7,16H2,1H3,(H,25,27)/t22-/m0/s1. The normalized spacial score (nSPS) is 14.9. The molecule has 2 heterocycles. The van der Waals surface area contributed by atoms with Gasteiger partial charge in [0.05, 0.1) is 19.9 Å². The van der Waals surface area contributed by atoms with E-state index in [1.807, 2.05) is 41.8 Å². The zero-order valence-electron chi connectivity index (χ0n) is 17.5. The average Bonchev–Trinajstić information content (AvgIpc) is 3.57. The number of benzene rings is 1. The van der Waals surface area contributed by atoms with Crippen LogP contribution in [0.15, 0.2) is 64.6 Å². The molecule has 1 atom stereocenters. The minimum atomic E-state index is -0.786. The van der Waals surface area contributed by atoms with Gasteiger partial charge in [-0.05, 0) is 54.1 Å². The SMILES string of the molecule is COc1ccc([C@@H](C(=O)NC2CCCC2)N(Cc2cccs2)C(=O)c2ccco2)cc1. The van der Waals surface area contributed by atoms with Crippen molar-refractivity contribution in [2.45, 2.75) is 44.3 Å². The highest BCUT2D eigenvalue weighted by atomic mass is 32.1. The Labute approximate surface area is 185 Å². The maximum absolute atomic E-state index is 13.5. The number of furan rings is 1. The van der Waals surface area contributed by atoms with Crippen molar-refractivity contribution in [2.24, 2.45) is 0 Å². The van der Waals surface area contributed by atoms with E-state index < -0.39 is 6.04 Å². The van der Waals surface area contributed by atoms with Crippen LogP contribution in [0.25, 0.3) is 0 Å². The van der Waals surface area contributed by atoms with Crippen molar-refractivity contribution in [3.63, 3.8) is 0 Å². The first-order valence-corrected chi connectivity index (χ1v) is 11.3. The minimum Gasteiger partial charge on any atom is -0.497 e. The van der Waals surface area contributed by atoms with Crippen molar-refractivity contribution < 1.29 is 18.7 Å². The van der Waals surface area contributed by atoms with Crippen molar-refractivity contribution in [1.82, 2.24) is 10.2 Å². The summed E-state index contributed by atoms with van der Waals surface area (Å²) in [6.07, 6.45) is 5.64. The average molecular weight is 439 g/mol. The number of nitrogens with zero attached hydrogens (tertiary/aromatic N) is 1. The molecule has 0 saturated heterocycles. The maximum Gasteiger partial charge on any atom is 0.290 e. The summed E-state index contributed by atoms with van der Waals surface area (Å²) in [7, 11) is 1.60. The summed E-state index contributed by atoms with van der Waals surface area (Å²) < 4.78 is 10.7. The molecule has 1 aromatic carbocycles. The first-order valence-electron chi connectivity index (χ1n) is 10.5. The van der Waals surface area contributed by atoms with Crippen molar-refractivity contribution >= 4 is 23.2 Å². The van der Waals surface area contributed by atoms with E-state index in [0.717, 1.165) is 36.1 Å². The number of methoxy groups -OCH3 is 1. The summed E-state index contributed by atoms with van der Waals surface area (Å²) in [4.78, 5) is 29.6. The van der Waals surface area contributed by atoms with Gasteiger partial charge in [-0.1, -0.05) is 31.0 Å². The molecule has 0 radical (unpaired) electrons. The van der Waals surface area contributed by atoms with Gasteiger partial charge >= 0.3 is 0 Å². The van der Waals surface area contributed by atoms with E-state index in [9.17, 15) is 9.59 Å². The fourth-order valence-electron chi connectivity index (χ4n) is 4.00. The topological polar surface area (TPSA) is 71.8 Å². The number of hydrogen-bond donors (Lipinski definition) is 1. The molecule has 6 nitrogen and oxygen atoms in total. The van der Waals surface area contributed by atoms with Crippen LogP contribution in [0.3, 0.4) is 0 Å². The fraction of sp³-hybridized carbons (Fsp3) is 0.333. The molecule has 3 aromatic rings. The molecular weight excluding hydrogens is 412 g/mol. The Balaban J connectivity index is 1.71. The van der Waals surface area contributed by atoms with Gasteiger partial charge in [-0.25, -0.2) is 0 Å². The first kappa shape index (κ1) is 21.2. The van der Waals surface area contributed by atoms with E-state index in [1.54, 1.807) is 35.5 Å². The Bertz CT molecular complexity index is 977. The molecule has 162 valence electrons. The number of carbonyl (C=O) groups excluding carboxylic acids is 2. The molecule has 1 saturated carbocycles. The van der Waals surface area contributed by atoms with E-state index in [0.29, 0.717) is 12.3 Å². The van der Waals surface area contributed by atoms with Gasteiger partial charge in [0, 0.05) is 10.9 Å². The fourth-order valence-corrected chi connectivity index (χ4v) is 4.70. The van der Waals surface area contributed by atoms with Crippen LogP contribution < -0.4 is 10.1 Å². The van der Waals surface area contributed by atoms with Gasteiger partial charge in [0.1, 0.15) is 11.8 Å². The molecule has 2 aromatic heterocycles. The Kier molecular flexibility index (Phi) is 6.72. The van der Waals surface area contributed by atoms with Crippen molar-refractivity contribution in [2.75, 3.05) is 7.11 Å². The van der Waals surface area contributed by atoms with Crippen LogP contribution in [0.1, 0.15) is 52.7 Å². The van der Waals surface area contributed by atoms with E-state index in [-0.39, 0.29) is 23.6 Å². The molecule has 0 aliphatic heterocycles. The maximum atomic E-state index is 13.5.